The summed E-state index contributed by atoms with van der Waals surface area (Å²) in [6, 6.07) is 10.1. The third-order valence-electron chi connectivity index (χ3n) is 1.92. The molecule has 15 heavy (non-hydrogen) atoms. The Morgan fingerprint density at radius 3 is 2.60 bits per heavy atom. The molecule has 3 heteroatoms. The Bertz CT molecular complexity index is 432. The molecular weight excluding hydrogens is 224 g/mol. The second-order valence-electron chi connectivity index (χ2n) is 3.13. The maximum Gasteiger partial charge on any atom is 0.167 e. The summed E-state index contributed by atoms with van der Waals surface area (Å²) in [5.74, 6) is 0.143. The molecule has 1 nitrogen and oxygen atoms in total. The fourth-order valence-electron chi connectivity index (χ4n) is 1.17. The predicted molar refractivity (Wildman–Crippen MR) is 68.4 cm³/mol. The molecule has 2 rings (SSSR count). The Morgan fingerprint density at radius 2 is 2.00 bits per heavy atom. The number of hydrogen-bond donors (Lipinski definition) is 0. The molecule has 0 amide bonds. The van der Waals surface area contributed by atoms with E-state index in [-0.39, 0.29) is 5.78 Å². The van der Waals surface area contributed by atoms with E-state index < -0.39 is 0 Å². The molecule has 0 N–H and O–H groups in total. The van der Waals surface area contributed by atoms with Crippen molar-refractivity contribution < 1.29 is 4.79 Å². The highest BCUT2D eigenvalue weighted by Crippen LogP contribution is 2.44. The highest BCUT2D eigenvalue weighted by molar-refractivity contribution is 8.28. The first-order valence-electron chi connectivity index (χ1n) is 4.58. The average Bonchev–Trinajstić information content (AvgIpc) is 2.68. The van der Waals surface area contributed by atoms with Crippen LogP contribution in [0.1, 0.15) is 12.5 Å². The van der Waals surface area contributed by atoms with Gasteiger partial charge in [-0.3, -0.25) is 4.79 Å². The van der Waals surface area contributed by atoms with E-state index in [9.17, 15) is 4.79 Å². The number of ketones is 1. The first-order valence-corrected chi connectivity index (χ1v) is 6.28. The third kappa shape index (κ3) is 2.76. The number of allylic oxidation sites excluding steroid dienone is 1. The predicted octanol–water partition coefficient (Wildman–Crippen LogP) is 3.90. The molecule has 1 aromatic carbocycles. The molecule has 0 aliphatic carbocycles. The quantitative estimate of drug-likeness (QED) is 0.772. The van der Waals surface area contributed by atoms with E-state index in [0.29, 0.717) is 0 Å². The van der Waals surface area contributed by atoms with Gasteiger partial charge in [-0.15, -0.1) is 0 Å². The van der Waals surface area contributed by atoms with Crippen molar-refractivity contribution in [3.63, 3.8) is 0 Å². The molecule has 1 aromatic rings. The van der Waals surface area contributed by atoms with Gasteiger partial charge in [-0.25, -0.2) is 0 Å². The Kier molecular flexibility index (Phi) is 3.34. The maximum absolute atomic E-state index is 11.1. The van der Waals surface area contributed by atoms with Gasteiger partial charge in [0.15, 0.2) is 5.78 Å². The summed E-state index contributed by atoms with van der Waals surface area (Å²) >= 11 is 3.16. The van der Waals surface area contributed by atoms with Crippen molar-refractivity contribution in [2.75, 3.05) is 0 Å². The molecule has 0 spiro atoms. The summed E-state index contributed by atoms with van der Waals surface area (Å²) in [5, 5.41) is 1.92. The lowest BCUT2D eigenvalue weighted by Crippen LogP contribution is -1.87. The maximum atomic E-state index is 11.1. The zero-order chi connectivity index (χ0) is 10.7. The number of hydrogen-bond acceptors (Lipinski definition) is 3. The minimum atomic E-state index is 0.143. The van der Waals surface area contributed by atoms with Crippen LogP contribution in [0.2, 0.25) is 0 Å². The van der Waals surface area contributed by atoms with Crippen molar-refractivity contribution in [1.29, 1.82) is 0 Å². The van der Waals surface area contributed by atoms with E-state index in [4.69, 9.17) is 0 Å². The SMILES string of the molecule is CC(=O)C1=CSC(=Cc2ccccc2)S1. The van der Waals surface area contributed by atoms with Crippen molar-refractivity contribution in [2.24, 2.45) is 0 Å². The summed E-state index contributed by atoms with van der Waals surface area (Å²) in [4.78, 5) is 11.9. The largest absolute Gasteiger partial charge is 0.294 e. The van der Waals surface area contributed by atoms with Gasteiger partial charge in [-0.05, 0) is 24.0 Å². The molecule has 76 valence electrons. The van der Waals surface area contributed by atoms with Crippen LogP contribution in [0.4, 0.5) is 0 Å². The molecule has 0 unspecified atom stereocenters. The fraction of sp³-hybridized carbons (Fsp3) is 0.0833. The first kappa shape index (κ1) is 10.6. The molecule has 1 aliphatic heterocycles. The lowest BCUT2D eigenvalue weighted by Gasteiger charge is -1.96. The standard InChI is InChI=1S/C12H10OS2/c1-9(13)11-8-14-12(15-11)7-10-5-3-2-4-6-10/h2-8H,1H3. The van der Waals surface area contributed by atoms with Crippen LogP contribution in [0.5, 0.6) is 0 Å². The van der Waals surface area contributed by atoms with Gasteiger partial charge in [-0.1, -0.05) is 53.9 Å². The van der Waals surface area contributed by atoms with Crippen LogP contribution >= 0.6 is 23.5 Å². The highest BCUT2D eigenvalue weighted by atomic mass is 32.2. The first-order chi connectivity index (χ1) is 7.25. The zero-order valence-corrected chi connectivity index (χ0v) is 9.90. The summed E-state index contributed by atoms with van der Waals surface area (Å²) in [6.45, 7) is 1.60. The molecule has 0 saturated heterocycles. The molecular formula is C12H10OS2. The lowest BCUT2D eigenvalue weighted by molar-refractivity contribution is -0.112. The van der Waals surface area contributed by atoms with Crippen molar-refractivity contribution >= 4 is 35.4 Å². The normalized spacial score (nSPS) is 17.9. The van der Waals surface area contributed by atoms with Crippen LogP contribution in [-0.2, 0) is 4.79 Å². The van der Waals surface area contributed by atoms with E-state index >= 15 is 0 Å². The summed E-state index contributed by atoms with van der Waals surface area (Å²) in [7, 11) is 0. The molecule has 0 radical (unpaired) electrons. The second-order valence-corrected chi connectivity index (χ2v) is 5.39. The Morgan fingerprint density at radius 1 is 1.27 bits per heavy atom. The van der Waals surface area contributed by atoms with Crippen molar-refractivity contribution in [3.05, 3.63) is 50.4 Å². The van der Waals surface area contributed by atoms with E-state index in [1.807, 2.05) is 23.6 Å². The van der Waals surface area contributed by atoms with Crippen LogP contribution in [-0.4, -0.2) is 5.78 Å². The van der Waals surface area contributed by atoms with Gasteiger partial charge < -0.3 is 0 Å². The van der Waals surface area contributed by atoms with Gasteiger partial charge in [0.05, 0.1) is 9.14 Å². The van der Waals surface area contributed by atoms with Crippen LogP contribution in [0.25, 0.3) is 6.08 Å². The highest BCUT2D eigenvalue weighted by Gasteiger charge is 2.14. The third-order valence-corrected chi connectivity index (χ3v) is 4.26. The molecule has 0 atom stereocenters. The fourth-order valence-corrected chi connectivity index (χ4v) is 3.26. The summed E-state index contributed by atoms with van der Waals surface area (Å²) in [5.41, 5.74) is 1.17. The lowest BCUT2D eigenvalue weighted by atomic mass is 10.2. The van der Waals surface area contributed by atoms with Crippen LogP contribution < -0.4 is 0 Å². The zero-order valence-electron chi connectivity index (χ0n) is 8.27. The molecule has 0 saturated carbocycles. The van der Waals surface area contributed by atoms with Gasteiger partial charge >= 0.3 is 0 Å². The van der Waals surface area contributed by atoms with Gasteiger partial charge in [0, 0.05) is 0 Å². The molecule has 0 aromatic heterocycles. The van der Waals surface area contributed by atoms with Crippen LogP contribution in [0, 0.1) is 0 Å². The average molecular weight is 234 g/mol. The monoisotopic (exact) mass is 234 g/mol. The van der Waals surface area contributed by atoms with Crippen LogP contribution in [0.3, 0.4) is 0 Å². The number of carbonyl (C=O) groups excluding carboxylic acids is 1. The molecule has 1 heterocycles. The van der Waals surface area contributed by atoms with E-state index in [0.717, 1.165) is 9.14 Å². The van der Waals surface area contributed by atoms with Gasteiger partial charge in [0.25, 0.3) is 0 Å². The van der Waals surface area contributed by atoms with Gasteiger partial charge in [-0.2, -0.15) is 0 Å². The van der Waals surface area contributed by atoms with Gasteiger partial charge in [0.1, 0.15) is 0 Å². The van der Waals surface area contributed by atoms with E-state index in [2.05, 4.69) is 18.2 Å². The van der Waals surface area contributed by atoms with Crippen molar-refractivity contribution in [1.82, 2.24) is 0 Å². The van der Waals surface area contributed by atoms with Crippen molar-refractivity contribution in [2.45, 2.75) is 6.92 Å². The minimum absolute atomic E-state index is 0.143. The summed E-state index contributed by atoms with van der Waals surface area (Å²) < 4.78 is 1.16. The summed E-state index contributed by atoms with van der Waals surface area (Å²) in [6.07, 6.45) is 2.10. The second kappa shape index (κ2) is 4.73. The smallest absolute Gasteiger partial charge is 0.167 e. The molecule has 0 bridgehead atoms. The molecule has 0 fully saturated rings. The molecule has 1 aliphatic rings. The number of carbonyl (C=O) groups is 1. The number of rotatable bonds is 2. The Hall–Kier alpha value is -0.930. The Labute approximate surface area is 97.6 Å². The van der Waals surface area contributed by atoms with Gasteiger partial charge in [0.2, 0.25) is 0 Å². The van der Waals surface area contributed by atoms with E-state index in [1.165, 1.54) is 5.56 Å². The number of thioether (sulfide) groups is 2. The van der Waals surface area contributed by atoms with E-state index in [1.54, 1.807) is 30.4 Å². The Balaban J connectivity index is 2.11. The number of benzene rings is 1. The van der Waals surface area contributed by atoms with Crippen LogP contribution in [0.15, 0.2) is 44.9 Å². The minimum Gasteiger partial charge on any atom is -0.294 e. The topological polar surface area (TPSA) is 17.1 Å². The number of Topliss-reactive ketones (excluding diaryl/α,β-unsaturated/α-hetero) is 1. The van der Waals surface area contributed by atoms with Crippen molar-refractivity contribution in [3.8, 4) is 0 Å².